The minimum atomic E-state index is -0.243. The van der Waals surface area contributed by atoms with E-state index in [0.29, 0.717) is 36.0 Å². The molecule has 0 aliphatic carbocycles. The van der Waals surface area contributed by atoms with Crippen LogP contribution in [0.4, 0.5) is 4.39 Å². The number of hydrogen-bond acceptors (Lipinski definition) is 1. The molecular weight excluding hydrogens is 434 g/mol. The van der Waals surface area contributed by atoms with Crippen LogP contribution in [0.25, 0.3) is 10.9 Å². The molecule has 1 aromatic heterocycles. The van der Waals surface area contributed by atoms with Gasteiger partial charge in [-0.25, -0.2) is 4.39 Å². The molecule has 0 spiro atoms. The quantitative estimate of drug-likeness (QED) is 0.345. The smallest absolute Gasteiger partial charge is 0.220 e. The highest BCUT2D eigenvalue weighted by molar-refractivity contribution is 6.35. The molecule has 0 bridgehead atoms. The summed E-state index contributed by atoms with van der Waals surface area (Å²) in [6.07, 6.45) is 3.07. The number of hydrogen-bond donors (Lipinski definition) is 1. The highest BCUT2D eigenvalue weighted by Crippen LogP contribution is 2.24. The lowest BCUT2D eigenvalue weighted by molar-refractivity contribution is -0.121. The second-order valence-electron chi connectivity index (χ2n) is 7.44. The molecule has 0 saturated heterocycles. The maximum Gasteiger partial charge on any atom is 0.220 e. The van der Waals surface area contributed by atoms with E-state index in [9.17, 15) is 9.18 Å². The molecule has 1 N–H and O–H groups in total. The molecule has 4 aromatic rings. The van der Waals surface area contributed by atoms with Crippen LogP contribution in [0.3, 0.4) is 0 Å². The van der Waals surface area contributed by atoms with E-state index in [0.717, 1.165) is 27.6 Å². The Morgan fingerprint density at radius 2 is 1.74 bits per heavy atom. The summed E-state index contributed by atoms with van der Waals surface area (Å²) in [4.78, 5) is 12.4. The second kappa shape index (κ2) is 9.54. The molecule has 31 heavy (non-hydrogen) atoms. The maximum atomic E-state index is 13.2. The van der Waals surface area contributed by atoms with E-state index in [1.165, 1.54) is 12.1 Å². The van der Waals surface area contributed by atoms with Crippen molar-refractivity contribution >= 4 is 40.0 Å². The number of para-hydroxylation sites is 1. The van der Waals surface area contributed by atoms with Crippen LogP contribution in [-0.2, 0) is 24.3 Å². The molecule has 3 nitrogen and oxygen atoms in total. The molecule has 6 heteroatoms. The van der Waals surface area contributed by atoms with Crippen LogP contribution in [0.5, 0.6) is 0 Å². The minimum absolute atomic E-state index is 0.0404. The maximum absolute atomic E-state index is 13.2. The third kappa shape index (κ3) is 5.27. The number of rotatable bonds is 7. The van der Waals surface area contributed by atoms with E-state index in [-0.39, 0.29) is 11.7 Å². The number of nitrogens with one attached hydrogen (secondary N) is 1. The number of amides is 1. The van der Waals surface area contributed by atoms with Crippen molar-refractivity contribution in [2.75, 3.05) is 0 Å². The largest absolute Gasteiger partial charge is 0.352 e. The summed E-state index contributed by atoms with van der Waals surface area (Å²) in [6, 6.07) is 19.9. The summed E-state index contributed by atoms with van der Waals surface area (Å²) in [5.41, 5.74) is 4.05. The lowest BCUT2D eigenvalue weighted by atomic mass is 10.1. The lowest BCUT2D eigenvalue weighted by Crippen LogP contribution is -2.23. The minimum Gasteiger partial charge on any atom is -0.352 e. The fourth-order valence-electron chi connectivity index (χ4n) is 3.63. The van der Waals surface area contributed by atoms with Gasteiger partial charge in [-0.15, -0.1) is 0 Å². The van der Waals surface area contributed by atoms with Gasteiger partial charge in [-0.2, -0.15) is 0 Å². The SMILES string of the molecule is O=C(CCc1cn(Cc2ccc(F)cc2)c2ccccc12)NCc1ccc(Cl)cc1Cl. The molecule has 0 aliphatic rings. The predicted molar refractivity (Wildman–Crippen MR) is 124 cm³/mol. The number of benzene rings is 3. The third-order valence-electron chi connectivity index (χ3n) is 5.25. The molecule has 0 fully saturated rings. The first-order valence-electron chi connectivity index (χ1n) is 10.0. The molecule has 0 saturated carbocycles. The molecule has 0 radical (unpaired) electrons. The third-order valence-corrected chi connectivity index (χ3v) is 5.84. The Morgan fingerprint density at radius 3 is 2.52 bits per heavy atom. The fraction of sp³-hybridized carbons (Fsp3) is 0.160. The molecule has 1 amide bonds. The van der Waals surface area contributed by atoms with Crippen molar-refractivity contribution in [3.05, 3.63) is 105 Å². The van der Waals surface area contributed by atoms with Crippen molar-refractivity contribution < 1.29 is 9.18 Å². The number of halogens is 3. The van der Waals surface area contributed by atoms with E-state index in [4.69, 9.17) is 23.2 Å². The number of aromatic nitrogens is 1. The predicted octanol–water partition coefficient (Wildman–Crippen LogP) is 6.38. The van der Waals surface area contributed by atoms with Gasteiger partial charge in [-0.3, -0.25) is 4.79 Å². The molecule has 0 aliphatic heterocycles. The van der Waals surface area contributed by atoms with Gasteiger partial charge in [0.05, 0.1) is 0 Å². The summed E-state index contributed by atoms with van der Waals surface area (Å²) in [7, 11) is 0. The first kappa shape index (κ1) is 21.4. The van der Waals surface area contributed by atoms with Crippen LogP contribution in [-0.4, -0.2) is 10.5 Å². The second-order valence-corrected chi connectivity index (χ2v) is 8.28. The summed E-state index contributed by atoms with van der Waals surface area (Å²) < 4.78 is 15.4. The van der Waals surface area contributed by atoms with Crippen LogP contribution in [0.1, 0.15) is 23.1 Å². The topological polar surface area (TPSA) is 34.0 Å². The molecule has 0 atom stereocenters. The molecular formula is C25H21Cl2FN2O. The van der Waals surface area contributed by atoms with E-state index in [2.05, 4.69) is 28.2 Å². The van der Waals surface area contributed by atoms with Crippen LogP contribution in [0, 0.1) is 5.82 Å². The molecule has 1 heterocycles. The Balaban J connectivity index is 1.43. The lowest BCUT2D eigenvalue weighted by Gasteiger charge is -2.07. The number of fused-ring (bicyclic) bond motifs is 1. The molecule has 0 unspecified atom stereocenters. The van der Waals surface area contributed by atoms with Crippen molar-refractivity contribution in [2.45, 2.75) is 25.9 Å². The first-order valence-corrected chi connectivity index (χ1v) is 10.8. The fourth-order valence-corrected chi connectivity index (χ4v) is 4.11. The van der Waals surface area contributed by atoms with E-state index < -0.39 is 0 Å². The Kier molecular flexibility index (Phi) is 6.59. The van der Waals surface area contributed by atoms with Gasteiger partial charge in [-0.1, -0.05) is 59.6 Å². The van der Waals surface area contributed by atoms with Gasteiger partial charge >= 0.3 is 0 Å². The highest BCUT2D eigenvalue weighted by Gasteiger charge is 2.11. The monoisotopic (exact) mass is 454 g/mol. The normalized spacial score (nSPS) is 11.1. The van der Waals surface area contributed by atoms with Crippen LogP contribution in [0.15, 0.2) is 72.9 Å². The van der Waals surface area contributed by atoms with E-state index in [1.54, 1.807) is 24.3 Å². The van der Waals surface area contributed by atoms with Gasteiger partial charge in [0.2, 0.25) is 5.91 Å². The van der Waals surface area contributed by atoms with Gasteiger partial charge in [0.1, 0.15) is 5.82 Å². The summed E-state index contributed by atoms with van der Waals surface area (Å²) >= 11 is 12.1. The summed E-state index contributed by atoms with van der Waals surface area (Å²) in [5.74, 6) is -0.283. The number of aryl methyl sites for hydroxylation is 1. The van der Waals surface area contributed by atoms with Crippen LogP contribution < -0.4 is 5.32 Å². The number of nitrogens with zero attached hydrogens (tertiary/aromatic N) is 1. The average molecular weight is 455 g/mol. The Labute approximate surface area is 190 Å². The van der Waals surface area contributed by atoms with Crippen LogP contribution in [0.2, 0.25) is 10.0 Å². The van der Waals surface area contributed by atoms with Crippen LogP contribution >= 0.6 is 23.2 Å². The van der Waals surface area contributed by atoms with E-state index >= 15 is 0 Å². The van der Waals surface area contributed by atoms with Crippen molar-refractivity contribution in [3.63, 3.8) is 0 Å². The van der Waals surface area contributed by atoms with Gasteiger partial charge in [-0.05, 0) is 53.4 Å². The van der Waals surface area contributed by atoms with Gasteiger partial charge in [0.15, 0.2) is 0 Å². The van der Waals surface area contributed by atoms with Gasteiger partial charge < -0.3 is 9.88 Å². The van der Waals surface area contributed by atoms with E-state index in [1.807, 2.05) is 18.2 Å². The summed E-state index contributed by atoms with van der Waals surface area (Å²) in [6.45, 7) is 1.00. The Morgan fingerprint density at radius 1 is 0.968 bits per heavy atom. The zero-order valence-corrected chi connectivity index (χ0v) is 18.3. The van der Waals surface area contributed by atoms with Gasteiger partial charge in [0, 0.05) is 46.7 Å². The van der Waals surface area contributed by atoms with Crippen molar-refractivity contribution in [2.24, 2.45) is 0 Å². The van der Waals surface area contributed by atoms with Crippen molar-refractivity contribution in [1.82, 2.24) is 9.88 Å². The first-order chi connectivity index (χ1) is 15.0. The standard InChI is InChI=1S/C25H21Cl2FN2O/c26-20-9-7-18(23(27)13-20)14-29-25(31)12-8-19-16-30(24-4-2-1-3-22(19)24)15-17-5-10-21(28)11-6-17/h1-7,9-11,13,16H,8,12,14-15H2,(H,29,31). The molecule has 3 aromatic carbocycles. The van der Waals surface area contributed by atoms with Crippen molar-refractivity contribution in [3.8, 4) is 0 Å². The Hall–Kier alpha value is -2.82. The Bertz CT molecular complexity index is 1220. The average Bonchev–Trinajstić information content (AvgIpc) is 3.11. The van der Waals surface area contributed by atoms with Crippen molar-refractivity contribution in [1.29, 1.82) is 0 Å². The zero-order valence-electron chi connectivity index (χ0n) is 16.7. The number of carbonyl (C=O) groups is 1. The number of carbonyl (C=O) groups excluding carboxylic acids is 1. The molecule has 4 rings (SSSR count). The van der Waals surface area contributed by atoms with Gasteiger partial charge in [0.25, 0.3) is 0 Å². The summed E-state index contributed by atoms with van der Waals surface area (Å²) in [5, 5.41) is 5.15. The molecule has 158 valence electrons. The highest BCUT2D eigenvalue weighted by atomic mass is 35.5. The zero-order chi connectivity index (χ0) is 21.8.